The summed E-state index contributed by atoms with van der Waals surface area (Å²) in [6.07, 6.45) is -1.31. The Kier molecular flexibility index (Phi) is 4.24. The predicted molar refractivity (Wildman–Crippen MR) is 72.7 cm³/mol. The third-order valence-corrected chi connectivity index (χ3v) is 3.56. The molecule has 0 radical (unpaired) electrons. The standard InChI is InChI=1S/C13H17F3N4O/c1-18-12(21)9-4-2-3-5-20(9)10-6-11(13(14,15)16)19-7-8(10)17/h6-7,9H,2-5,17H2,1H3,(H,18,21). The van der Waals surface area contributed by atoms with Crippen molar-refractivity contribution in [2.24, 2.45) is 0 Å². The highest BCUT2D eigenvalue weighted by Gasteiger charge is 2.35. The Bertz CT molecular complexity index is 533. The smallest absolute Gasteiger partial charge is 0.396 e. The molecule has 0 aliphatic carbocycles. The summed E-state index contributed by atoms with van der Waals surface area (Å²) in [5, 5.41) is 2.54. The van der Waals surface area contributed by atoms with Crippen LogP contribution in [0.5, 0.6) is 0 Å². The Morgan fingerprint density at radius 1 is 1.48 bits per heavy atom. The molecule has 1 unspecified atom stereocenters. The maximum Gasteiger partial charge on any atom is 0.433 e. The summed E-state index contributed by atoms with van der Waals surface area (Å²) in [5.41, 5.74) is 5.11. The fraction of sp³-hybridized carbons (Fsp3) is 0.538. The zero-order valence-electron chi connectivity index (χ0n) is 11.6. The zero-order chi connectivity index (χ0) is 15.6. The summed E-state index contributed by atoms with van der Waals surface area (Å²) in [4.78, 5) is 16.9. The number of rotatable bonds is 2. The van der Waals surface area contributed by atoms with Gasteiger partial charge >= 0.3 is 6.18 Å². The van der Waals surface area contributed by atoms with E-state index in [9.17, 15) is 18.0 Å². The van der Waals surface area contributed by atoms with Gasteiger partial charge in [-0.25, -0.2) is 4.98 Å². The average molecular weight is 302 g/mol. The molecule has 5 nitrogen and oxygen atoms in total. The van der Waals surface area contributed by atoms with Crippen molar-refractivity contribution in [3.8, 4) is 0 Å². The van der Waals surface area contributed by atoms with E-state index in [1.54, 1.807) is 4.90 Å². The van der Waals surface area contributed by atoms with Crippen LogP contribution in [0.1, 0.15) is 25.0 Å². The van der Waals surface area contributed by atoms with Crippen molar-refractivity contribution < 1.29 is 18.0 Å². The van der Waals surface area contributed by atoms with Crippen molar-refractivity contribution in [3.63, 3.8) is 0 Å². The van der Waals surface area contributed by atoms with Gasteiger partial charge in [-0.2, -0.15) is 13.2 Å². The number of likely N-dealkylation sites (N-methyl/N-ethyl adjacent to an activating group) is 1. The number of nitrogens with one attached hydrogen (secondary N) is 1. The SMILES string of the molecule is CNC(=O)C1CCCCN1c1cc(C(F)(F)F)ncc1N. The minimum atomic E-state index is -4.54. The molecule has 8 heteroatoms. The van der Waals surface area contributed by atoms with Gasteiger partial charge in [-0.05, 0) is 25.3 Å². The highest BCUT2D eigenvalue weighted by molar-refractivity contribution is 5.86. The predicted octanol–water partition coefficient (Wildman–Crippen LogP) is 1.79. The third-order valence-electron chi connectivity index (χ3n) is 3.56. The molecule has 3 N–H and O–H groups in total. The van der Waals surface area contributed by atoms with E-state index in [1.165, 1.54) is 7.05 Å². The lowest BCUT2D eigenvalue weighted by Gasteiger charge is -2.37. The number of nitrogens with two attached hydrogens (primary N) is 1. The molecule has 0 bridgehead atoms. The number of nitrogen functional groups attached to an aromatic ring is 1. The van der Waals surface area contributed by atoms with Gasteiger partial charge in [0.25, 0.3) is 0 Å². The number of halogens is 3. The molecule has 1 amide bonds. The lowest BCUT2D eigenvalue weighted by molar-refractivity contribution is -0.141. The highest BCUT2D eigenvalue weighted by atomic mass is 19.4. The van der Waals surface area contributed by atoms with Crippen LogP contribution in [0, 0.1) is 0 Å². The average Bonchev–Trinajstić information content (AvgIpc) is 2.45. The van der Waals surface area contributed by atoms with Gasteiger partial charge in [0.15, 0.2) is 0 Å². The topological polar surface area (TPSA) is 71.2 Å². The number of amides is 1. The van der Waals surface area contributed by atoms with Gasteiger partial charge in [-0.15, -0.1) is 0 Å². The van der Waals surface area contributed by atoms with Gasteiger partial charge in [0.2, 0.25) is 5.91 Å². The molecule has 0 saturated carbocycles. The van der Waals surface area contributed by atoms with Gasteiger partial charge in [0.05, 0.1) is 17.6 Å². The van der Waals surface area contributed by atoms with Crippen LogP contribution in [-0.2, 0) is 11.0 Å². The Balaban J connectivity index is 2.40. The van der Waals surface area contributed by atoms with Gasteiger partial charge in [-0.1, -0.05) is 0 Å². The van der Waals surface area contributed by atoms with Crippen LogP contribution >= 0.6 is 0 Å². The van der Waals surface area contributed by atoms with Gasteiger partial charge in [0, 0.05) is 13.6 Å². The molecule has 1 aliphatic rings. The number of anilines is 2. The molecule has 21 heavy (non-hydrogen) atoms. The lowest BCUT2D eigenvalue weighted by atomic mass is 10.00. The number of carbonyl (C=O) groups excluding carboxylic acids is 1. The fourth-order valence-electron chi connectivity index (χ4n) is 2.52. The van der Waals surface area contributed by atoms with Crippen LogP contribution in [0.3, 0.4) is 0 Å². The number of carbonyl (C=O) groups is 1. The van der Waals surface area contributed by atoms with Gasteiger partial charge in [-0.3, -0.25) is 4.79 Å². The normalized spacial score (nSPS) is 19.4. The maximum atomic E-state index is 12.8. The molecule has 2 heterocycles. The number of hydrogen-bond acceptors (Lipinski definition) is 4. The molecule has 0 aromatic carbocycles. The Morgan fingerprint density at radius 2 is 2.19 bits per heavy atom. The van der Waals surface area contributed by atoms with Crippen LogP contribution in [-0.4, -0.2) is 30.5 Å². The first-order valence-electron chi connectivity index (χ1n) is 6.65. The Hall–Kier alpha value is -1.99. The first kappa shape index (κ1) is 15.4. The number of aromatic nitrogens is 1. The quantitative estimate of drug-likeness (QED) is 0.873. The summed E-state index contributed by atoms with van der Waals surface area (Å²) in [6, 6.07) is 0.408. The van der Waals surface area contributed by atoms with Crippen LogP contribution < -0.4 is 16.0 Å². The minimum Gasteiger partial charge on any atom is -0.396 e. The molecule has 2 rings (SSSR count). The Morgan fingerprint density at radius 3 is 2.81 bits per heavy atom. The van der Waals surface area contributed by atoms with Crippen LogP contribution in [0.4, 0.5) is 24.5 Å². The molecule has 1 atom stereocenters. The van der Waals surface area contributed by atoms with Crippen LogP contribution in [0.2, 0.25) is 0 Å². The minimum absolute atomic E-state index is 0.138. The molecule has 1 aromatic heterocycles. The van der Waals surface area contributed by atoms with Crippen molar-refractivity contribution in [2.75, 3.05) is 24.2 Å². The summed E-state index contributed by atoms with van der Waals surface area (Å²) < 4.78 is 38.4. The van der Waals surface area contributed by atoms with E-state index in [0.29, 0.717) is 13.0 Å². The van der Waals surface area contributed by atoms with E-state index in [-0.39, 0.29) is 17.3 Å². The monoisotopic (exact) mass is 302 g/mol. The molecule has 1 aromatic rings. The highest BCUT2D eigenvalue weighted by Crippen LogP contribution is 2.35. The van der Waals surface area contributed by atoms with Crippen LogP contribution in [0.25, 0.3) is 0 Å². The van der Waals surface area contributed by atoms with Gasteiger partial charge in [0.1, 0.15) is 11.7 Å². The second kappa shape index (κ2) is 5.79. The van der Waals surface area contributed by atoms with E-state index in [2.05, 4.69) is 10.3 Å². The van der Waals surface area contributed by atoms with E-state index >= 15 is 0 Å². The summed E-state index contributed by atoms with van der Waals surface area (Å²) >= 11 is 0. The number of piperidine rings is 1. The van der Waals surface area contributed by atoms with Crippen molar-refractivity contribution in [3.05, 3.63) is 18.0 Å². The molecule has 0 spiro atoms. The fourth-order valence-corrected chi connectivity index (χ4v) is 2.52. The first-order valence-corrected chi connectivity index (χ1v) is 6.65. The number of alkyl halides is 3. The van der Waals surface area contributed by atoms with E-state index < -0.39 is 17.9 Å². The molecular weight excluding hydrogens is 285 g/mol. The van der Waals surface area contributed by atoms with Crippen molar-refractivity contribution in [1.82, 2.24) is 10.3 Å². The maximum absolute atomic E-state index is 12.8. The number of nitrogens with zero attached hydrogens (tertiary/aromatic N) is 2. The molecule has 116 valence electrons. The number of pyridine rings is 1. The van der Waals surface area contributed by atoms with E-state index in [4.69, 9.17) is 5.73 Å². The summed E-state index contributed by atoms with van der Waals surface area (Å²) in [5.74, 6) is -0.223. The van der Waals surface area contributed by atoms with Crippen molar-refractivity contribution in [2.45, 2.75) is 31.5 Å². The summed E-state index contributed by atoms with van der Waals surface area (Å²) in [7, 11) is 1.51. The van der Waals surface area contributed by atoms with Crippen molar-refractivity contribution in [1.29, 1.82) is 0 Å². The second-order valence-electron chi connectivity index (χ2n) is 4.95. The lowest BCUT2D eigenvalue weighted by Crippen LogP contribution is -2.49. The summed E-state index contributed by atoms with van der Waals surface area (Å²) in [6.45, 7) is 0.490. The first-order chi connectivity index (χ1) is 9.84. The Labute approximate surface area is 120 Å². The largest absolute Gasteiger partial charge is 0.433 e. The van der Waals surface area contributed by atoms with Crippen molar-refractivity contribution >= 4 is 17.3 Å². The third kappa shape index (κ3) is 3.20. The number of hydrogen-bond donors (Lipinski definition) is 2. The molecule has 1 saturated heterocycles. The molecule has 1 aliphatic heterocycles. The van der Waals surface area contributed by atoms with Gasteiger partial charge < -0.3 is 16.0 Å². The van der Waals surface area contributed by atoms with Crippen LogP contribution in [0.15, 0.2) is 12.3 Å². The molecular formula is C13H17F3N4O. The molecule has 1 fully saturated rings. The van der Waals surface area contributed by atoms with E-state index in [0.717, 1.165) is 25.1 Å². The zero-order valence-corrected chi connectivity index (χ0v) is 11.6. The second-order valence-corrected chi connectivity index (χ2v) is 4.95. The van der Waals surface area contributed by atoms with E-state index in [1.807, 2.05) is 0 Å².